The van der Waals surface area contributed by atoms with Gasteiger partial charge in [0.2, 0.25) is 0 Å². The maximum absolute atomic E-state index is 13.5. The van der Waals surface area contributed by atoms with Gasteiger partial charge < -0.3 is 24.1 Å². The van der Waals surface area contributed by atoms with Gasteiger partial charge in [-0.3, -0.25) is 0 Å². The van der Waals surface area contributed by atoms with Gasteiger partial charge in [0.05, 0.1) is 24.8 Å². The van der Waals surface area contributed by atoms with E-state index in [1.807, 2.05) is 40.8 Å². The van der Waals surface area contributed by atoms with Crippen LogP contribution in [0.4, 0.5) is 4.39 Å². The fraction of sp³-hybridized carbons (Fsp3) is 0.308. The molecule has 0 spiro atoms. The van der Waals surface area contributed by atoms with Gasteiger partial charge in [0.1, 0.15) is 18.2 Å². The normalized spacial score (nSPS) is 21.1. The quantitative estimate of drug-likeness (QED) is 0.609. The molecule has 1 N–H and O–H groups in total. The highest BCUT2D eigenvalue weighted by Crippen LogP contribution is 2.39. The number of aromatic nitrogens is 2. The second-order valence-electron chi connectivity index (χ2n) is 8.59. The fourth-order valence-corrected chi connectivity index (χ4v) is 4.62. The molecular weight excluding hydrogens is 435 g/mol. The Balaban J connectivity index is 1.50. The SMILES string of the molecule is COc1cc(/C=C2\CCCCN3C2=NOC3(CO)c2ccc(F)cc2)ccc1-n1cnc(C)c1. The van der Waals surface area contributed by atoms with Crippen molar-refractivity contribution < 1.29 is 19.1 Å². The van der Waals surface area contributed by atoms with Gasteiger partial charge in [0.25, 0.3) is 5.72 Å². The highest BCUT2D eigenvalue weighted by atomic mass is 19.1. The number of aliphatic hydroxyl groups is 1. The zero-order chi connectivity index (χ0) is 23.7. The summed E-state index contributed by atoms with van der Waals surface area (Å²) < 4.78 is 21.1. The van der Waals surface area contributed by atoms with Crippen molar-refractivity contribution in [3.05, 3.63) is 83.2 Å². The molecule has 2 aliphatic rings. The molecule has 1 atom stereocenters. The number of fused-ring (bicyclic) bond motifs is 1. The predicted molar refractivity (Wildman–Crippen MR) is 127 cm³/mol. The zero-order valence-corrected chi connectivity index (χ0v) is 19.2. The van der Waals surface area contributed by atoms with E-state index in [1.165, 1.54) is 12.1 Å². The second kappa shape index (κ2) is 8.95. The number of oxime groups is 1. The Morgan fingerprint density at radius 1 is 1.21 bits per heavy atom. The van der Waals surface area contributed by atoms with E-state index in [-0.39, 0.29) is 12.4 Å². The average Bonchev–Trinajstić information content (AvgIpc) is 3.39. The number of aliphatic hydroxyl groups excluding tert-OH is 1. The molecule has 0 amide bonds. The molecule has 1 saturated heterocycles. The van der Waals surface area contributed by atoms with Crippen molar-refractivity contribution in [1.29, 1.82) is 0 Å². The van der Waals surface area contributed by atoms with E-state index in [4.69, 9.17) is 9.57 Å². The first-order chi connectivity index (χ1) is 16.5. The molecule has 5 rings (SSSR count). The van der Waals surface area contributed by atoms with Crippen LogP contribution >= 0.6 is 0 Å². The summed E-state index contributed by atoms with van der Waals surface area (Å²) in [6.45, 7) is 2.32. The number of imidazole rings is 1. The number of hydrogen-bond acceptors (Lipinski definition) is 6. The van der Waals surface area contributed by atoms with Crippen molar-refractivity contribution >= 4 is 11.9 Å². The Morgan fingerprint density at radius 3 is 2.74 bits per heavy atom. The number of methoxy groups -OCH3 is 1. The highest BCUT2D eigenvalue weighted by molar-refractivity contribution is 6.03. The van der Waals surface area contributed by atoms with E-state index in [0.29, 0.717) is 17.9 Å². The highest BCUT2D eigenvalue weighted by Gasteiger charge is 2.48. The van der Waals surface area contributed by atoms with E-state index in [0.717, 1.165) is 47.5 Å². The summed E-state index contributed by atoms with van der Waals surface area (Å²) in [5.74, 6) is 1.10. The summed E-state index contributed by atoms with van der Waals surface area (Å²) in [5.41, 5.74) is 3.33. The van der Waals surface area contributed by atoms with Crippen LogP contribution in [0.5, 0.6) is 5.75 Å². The van der Waals surface area contributed by atoms with Crippen molar-refractivity contribution in [3.8, 4) is 11.4 Å². The van der Waals surface area contributed by atoms with Crippen LogP contribution in [0.2, 0.25) is 0 Å². The van der Waals surface area contributed by atoms with Crippen LogP contribution in [-0.4, -0.2) is 45.7 Å². The predicted octanol–water partition coefficient (Wildman–Crippen LogP) is 4.39. The van der Waals surface area contributed by atoms with Gasteiger partial charge in [-0.15, -0.1) is 0 Å². The third-order valence-corrected chi connectivity index (χ3v) is 6.38. The number of ether oxygens (including phenoxy) is 1. The molecule has 0 aliphatic carbocycles. The molecule has 7 nitrogen and oxygen atoms in total. The summed E-state index contributed by atoms with van der Waals surface area (Å²) in [5, 5.41) is 14.8. The van der Waals surface area contributed by atoms with Gasteiger partial charge in [-0.25, -0.2) is 9.37 Å². The molecule has 2 aliphatic heterocycles. The summed E-state index contributed by atoms with van der Waals surface area (Å²) >= 11 is 0. The maximum atomic E-state index is 13.5. The second-order valence-corrected chi connectivity index (χ2v) is 8.59. The number of amidine groups is 1. The lowest BCUT2D eigenvalue weighted by atomic mass is 10.00. The van der Waals surface area contributed by atoms with E-state index in [9.17, 15) is 9.50 Å². The smallest absolute Gasteiger partial charge is 0.260 e. The molecule has 1 fully saturated rings. The van der Waals surface area contributed by atoms with Crippen LogP contribution in [-0.2, 0) is 10.6 Å². The molecule has 0 bridgehead atoms. The Hall–Kier alpha value is -3.65. The van der Waals surface area contributed by atoms with Gasteiger partial charge in [-0.1, -0.05) is 11.2 Å². The first kappa shape index (κ1) is 22.2. The van der Waals surface area contributed by atoms with Crippen LogP contribution in [0, 0.1) is 12.7 Å². The van der Waals surface area contributed by atoms with Crippen LogP contribution in [0.15, 0.2) is 65.7 Å². The zero-order valence-electron chi connectivity index (χ0n) is 19.2. The van der Waals surface area contributed by atoms with Gasteiger partial charge in [0, 0.05) is 18.3 Å². The number of rotatable bonds is 5. The largest absolute Gasteiger partial charge is 0.495 e. The van der Waals surface area contributed by atoms with E-state index in [1.54, 1.807) is 25.6 Å². The Kier molecular flexibility index (Phi) is 5.83. The molecule has 34 heavy (non-hydrogen) atoms. The van der Waals surface area contributed by atoms with Crippen LogP contribution in [0.3, 0.4) is 0 Å². The van der Waals surface area contributed by atoms with Gasteiger partial charge in [-0.05, 0) is 79.8 Å². The number of hydrogen-bond donors (Lipinski definition) is 1. The Labute approximate surface area is 197 Å². The van der Waals surface area contributed by atoms with Crippen molar-refractivity contribution in [2.75, 3.05) is 20.3 Å². The molecule has 1 unspecified atom stereocenters. The minimum atomic E-state index is -1.16. The minimum absolute atomic E-state index is 0.300. The summed E-state index contributed by atoms with van der Waals surface area (Å²) in [7, 11) is 1.65. The Morgan fingerprint density at radius 2 is 2.03 bits per heavy atom. The summed E-state index contributed by atoms with van der Waals surface area (Å²) in [6, 6.07) is 12.0. The first-order valence-electron chi connectivity index (χ1n) is 11.3. The van der Waals surface area contributed by atoms with Gasteiger partial charge >= 0.3 is 0 Å². The van der Waals surface area contributed by atoms with Crippen molar-refractivity contribution in [3.63, 3.8) is 0 Å². The standard InChI is InChI=1S/C26H27FN4O3/c1-18-15-30(17-28-18)23-11-6-19(14-24(23)33-2)13-20-5-3-4-12-31-25(20)29-34-26(31,16-32)21-7-9-22(27)10-8-21/h6-11,13-15,17,32H,3-5,12,16H2,1-2H3/b20-13+. The van der Waals surface area contributed by atoms with Crippen LogP contribution in [0.1, 0.15) is 36.1 Å². The van der Waals surface area contributed by atoms with Gasteiger partial charge in [0.15, 0.2) is 5.84 Å². The number of nitrogens with zero attached hydrogens (tertiary/aromatic N) is 4. The van der Waals surface area contributed by atoms with Crippen LogP contribution < -0.4 is 4.74 Å². The molecule has 0 radical (unpaired) electrons. The lowest BCUT2D eigenvalue weighted by Crippen LogP contribution is -2.49. The van der Waals surface area contributed by atoms with E-state index >= 15 is 0 Å². The summed E-state index contributed by atoms with van der Waals surface area (Å²) in [4.78, 5) is 12.2. The molecule has 2 aromatic carbocycles. The van der Waals surface area contributed by atoms with E-state index in [2.05, 4.69) is 16.2 Å². The number of aryl methyl sites for hydroxylation is 1. The minimum Gasteiger partial charge on any atom is -0.495 e. The molecular formula is C26H27FN4O3. The third kappa shape index (κ3) is 3.84. The fourth-order valence-electron chi connectivity index (χ4n) is 4.62. The first-order valence-corrected chi connectivity index (χ1v) is 11.3. The molecule has 3 aromatic rings. The molecule has 3 heterocycles. The van der Waals surface area contributed by atoms with Crippen molar-refractivity contribution in [2.24, 2.45) is 5.16 Å². The van der Waals surface area contributed by atoms with Crippen molar-refractivity contribution in [1.82, 2.24) is 14.5 Å². The average molecular weight is 463 g/mol. The van der Waals surface area contributed by atoms with Crippen LogP contribution in [0.25, 0.3) is 11.8 Å². The maximum Gasteiger partial charge on any atom is 0.260 e. The molecule has 0 saturated carbocycles. The molecule has 1 aromatic heterocycles. The van der Waals surface area contributed by atoms with Crippen molar-refractivity contribution in [2.45, 2.75) is 31.9 Å². The third-order valence-electron chi connectivity index (χ3n) is 6.38. The topological polar surface area (TPSA) is 72.1 Å². The lowest BCUT2D eigenvalue weighted by molar-refractivity contribution is -0.136. The number of halogens is 1. The molecule has 176 valence electrons. The Bertz CT molecular complexity index is 1250. The van der Waals surface area contributed by atoms with E-state index < -0.39 is 5.72 Å². The summed E-state index contributed by atoms with van der Waals surface area (Å²) in [6.07, 6.45) is 8.54. The van der Waals surface area contributed by atoms with Gasteiger partial charge in [-0.2, -0.15) is 0 Å². The monoisotopic (exact) mass is 462 g/mol. The lowest BCUT2D eigenvalue weighted by Gasteiger charge is -2.35. The molecule has 8 heteroatoms. The number of benzene rings is 2.